The third-order valence-electron chi connectivity index (χ3n) is 4.74. The molecule has 3 aromatic rings. The van der Waals surface area contributed by atoms with Gasteiger partial charge in [0.2, 0.25) is 0 Å². The van der Waals surface area contributed by atoms with Crippen molar-refractivity contribution in [1.29, 1.82) is 0 Å². The first kappa shape index (κ1) is 20.2. The van der Waals surface area contributed by atoms with E-state index < -0.39 is 5.97 Å². The van der Waals surface area contributed by atoms with Crippen molar-refractivity contribution in [2.45, 2.75) is 46.8 Å². The molecule has 4 nitrogen and oxygen atoms in total. The number of nitrogens with zero attached hydrogens (tertiary/aromatic N) is 2. The lowest BCUT2D eigenvalue weighted by Gasteiger charge is -2.08. The monoisotopic (exact) mass is 396 g/mol. The minimum absolute atomic E-state index is 0.204. The quantitative estimate of drug-likeness (QED) is 0.503. The number of benzene rings is 2. The Morgan fingerprint density at radius 1 is 1.04 bits per heavy atom. The van der Waals surface area contributed by atoms with Crippen molar-refractivity contribution < 1.29 is 9.53 Å². The summed E-state index contributed by atoms with van der Waals surface area (Å²) in [4.78, 5) is 12.6. The van der Waals surface area contributed by atoms with E-state index in [0.717, 1.165) is 11.1 Å². The predicted octanol–water partition coefficient (Wildman–Crippen LogP) is 5.68. The Morgan fingerprint density at radius 3 is 2.25 bits per heavy atom. The van der Waals surface area contributed by atoms with Crippen molar-refractivity contribution in [2.75, 3.05) is 0 Å². The molecule has 146 valence electrons. The number of rotatable bonds is 6. The van der Waals surface area contributed by atoms with Crippen LogP contribution >= 0.6 is 11.6 Å². The molecule has 0 saturated carbocycles. The fourth-order valence-electron chi connectivity index (χ4n) is 2.98. The molecule has 0 aliphatic heterocycles. The second kappa shape index (κ2) is 8.61. The van der Waals surface area contributed by atoms with Gasteiger partial charge in [-0.25, -0.2) is 9.48 Å². The van der Waals surface area contributed by atoms with Gasteiger partial charge < -0.3 is 4.74 Å². The third-order valence-corrected chi connectivity index (χ3v) is 5.12. The first-order valence-corrected chi connectivity index (χ1v) is 9.77. The van der Waals surface area contributed by atoms with Crippen molar-refractivity contribution in [1.82, 2.24) is 9.78 Å². The number of carbonyl (C=O) groups is 1. The molecular formula is C23H25ClN2O2. The summed E-state index contributed by atoms with van der Waals surface area (Å²) in [7, 11) is 0. The van der Waals surface area contributed by atoms with Gasteiger partial charge in [0, 0.05) is 0 Å². The van der Waals surface area contributed by atoms with Crippen molar-refractivity contribution >= 4 is 17.6 Å². The molecule has 0 spiro atoms. The number of esters is 1. The molecule has 0 aliphatic carbocycles. The highest BCUT2D eigenvalue weighted by molar-refractivity contribution is 6.32. The molecule has 0 atom stereocenters. The van der Waals surface area contributed by atoms with Crippen LogP contribution in [-0.4, -0.2) is 15.7 Å². The lowest BCUT2D eigenvalue weighted by Crippen LogP contribution is -2.07. The molecule has 2 aromatic carbocycles. The molecule has 28 heavy (non-hydrogen) atoms. The van der Waals surface area contributed by atoms with E-state index >= 15 is 0 Å². The van der Waals surface area contributed by atoms with Gasteiger partial charge >= 0.3 is 5.97 Å². The summed E-state index contributed by atoms with van der Waals surface area (Å²) < 4.78 is 7.11. The maximum atomic E-state index is 12.6. The molecule has 5 heteroatoms. The van der Waals surface area contributed by atoms with Crippen LogP contribution in [0.1, 0.15) is 58.1 Å². The van der Waals surface area contributed by atoms with Crippen molar-refractivity contribution in [3.63, 3.8) is 0 Å². The zero-order valence-corrected chi connectivity index (χ0v) is 17.5. The van der Waals surface area contributed by atoms with Gasteiger partial charge in [0.25, 0.3) is 0 Å². The highest BCUT2D eigenvalue weighted by atomic mass is 35.5. The van der Waals surface area contributed by atoms with Crippen LogP contribution in [0.4, 0.5) is 0 Å². The van der Waals surface area contributed by atoms with Gasteiger partial charge in [-0.3, -0.25) is 0 Å². The number of ether oxygens (including phenoxy) is 1. The van der Waals surface area contributed by atoms with E-state index in [2.05, 4.69) is 31.1 Å². The topological polar surface area (TPSA) is 44.1 Å². The first-order chi connectivity index (χ1) is 13.3. The summed E-state index contributed by atoms with van der Waals surface area (Å²) in [5.41, 5.74) is 5.35. The van der Waals surface area contributed by atoms with Gasteiger partial charge in [-0.1, -0.05) is 79.5 Å². The summed E-state index contributed by atoms with van der Waals surface area (Å²) in [6, 6.07) is 16.2. The number of aryl methyl sites for hydroxylation is 2. The molecule has 0 radical (unpaired) electrons. The van der Waals surface area contributed by atoms with E-state index in [1.54, 1.807) is 11.6 Å². The average molecular weight is 397 g/mol. The maximum absolute atomic E-state index is 12.6. The Labute approximate surface area is 171 Å². The molecule has 0 unspecified atom stereocenters. The Kier molecular flexibility index (Phi) is 6.20. The van der Waals surface area contributed by atoms with Gasteiger partial charge in [0.15, 0.2) is 0 Å². The smallest absolute Gasteiger partial charge is 0.343 e. The predicted molar refractivity (Wildman–Crippen MR) is 112 cm³/mol. The SMILES string of the molecule is Cc1ccc(Cn2nc(C)c(C(=O)OCc3ccc(C(C)C)cc3)c2Cl)cc1. The van der Waals surface area contributed by atoms with E-state index in [4.69, 9.17) is 16.3 Å². The normalized spacial score (nSPS) is 11.1. The second-order valence-electron chi connectivity index (χ2n) is 7.37. The standard InChI is InChI=1S/C23H25ClN2O2/c1-15(2)20-11-9-19(10-12-20)14-28-23(27)21-17(4)25-26(22(21)24)13-18-7-5-16(3)6-8-18/h5-12,15H,13-14H2,1-4H3. The zero-order valence-electron chi connectivity index (χ0n) is 16.7. The number of halogens is 1. The van der Waals surface area contributed by atoms with Crippen molar-refractivity contribution in [2.24, 2.45) is 0 Å². The minimum Gasteiger partial charge on any atom is -0.457 e. The van der Waals surface area contributed by atoms with Crippen LogP contribution < -0.4 is 0 Å². The van der Waals surface area contributed by atoms with E-state index in [-0.39, 0.29) is 6.61 Å². The molecule has 0 N–H and O–H groups in total. The van der Waals surface area contributed by atoms with Gasteiger partial charge in [0.1, 0.15) is 17.3 Å². The average Bonchev–Trinajstić information content (AvgIpc) is 2.95. The summed E-state index contributed by atoms with van der Waals surface area (Å²) in [5.74, 6) is 0.0167. The van der Waals surface area contributed by atoms with Gasteiger partial charge in [0.05, 0.1) is 12.2 Å². The lowest BCUT2D eigenvalue weighted by molar-refractivity contribution is 0.0472. The highest BCUT2D eigenvalue weighted by Crippen LogP contribution is 2.23. The largest absolute Gasteiger partial charge is 0.457 e. The fraction of sp³-hybridized carbons (Fsp3) is 0.304. The molecule has 1 aromatic heterocycles. The summed E-state index contributed by atoms with van der Waals surface area (Å²) in [5, 5.41) is 4.72. The Balaban J connectivity index is 1.69. The molecule has 0 amide bonds. The highest BCUT2D eigenvalue weighted by Gasteiger charge is 2.22. The van der Waals surface area contributed by atoms with Crippen molar-refractivity contribution in [3.05, 3.63) is 87.2 Å². The second-order valence-corrected chi connectivity index (χ2v) is 7.72. The van der Waals surface area contributed by atoms with Gasteiger partial charge in [-0.05, 0) is 36.5 Å². The van der Waals surface area contributed by atoms with Crippen LogP contribution in [-0.2, 0) is 17.9 Å². The molecule has 0 saturated heterocycles. The Morgan fingerprint density at radius 2 is 1.64 bits per heavy atom. The summed E-state index contributed by atoms with van der Waals surface area (Å²) >= 11 is 6.44. The van der Waals surface area contributed by atoms with E-state index in [1.165, 1.54) is 11.1 Å². The van der Waals surface area contributed by atoms with Gasteiger partial charge in [-0.15, -0.1) is 0 Å². The molecule has 0 bridgehead atoms. The minimum atomic E-state index is -0.453. The number of aromatic nitrogens is 2. The van der Waals surface area contributed by atoms with E-state index in [9.17, 15) is 4.79 Å². The fourth-order valence-corrected chi connectivity index (χ4v) is 3.29. The zero-order chi connectivity index (χ0) is 20.3. The summed E-state index contributed by atoms with van der Waals surface area (Å²) in [6.45, 7) is 8.81. The Hall–Kier alpha value is -2.59. The lowest BCUT2D eigenvalue weighted by atomic mass is 10.0. The van der Waals surface area contributed by atoms with Crippen LogP contribution in [0, 0.1) is 13.8 Å². The van der Waals surface area contributed by atoms with E-state index in [1.807, 2.05) is 43.3 Å². The molecule has 3 rings (SSSR count). The molecule has 0 aliphatic rings. The molecule has 1 heterocycles. The van der Waals surface area contributed by atoms with Crippen LogP contribution in [0.2, 0.25) is 5.15 Å². The van der Waals surface area contributed by atoms with Crippen LogP contribution in [0.25, 0.3) is 0 Å². The van der Waals surface area contributed by atoms with Crippen LogP contribution in [0.5, 0.6) is 0 Å². The van der Waals surface area contributed by atoms with Crippen LogP contribution in [0.15, 0.2) is 48.5 Å². The van der Waals surface area contributed by atoms with Crippen LogP contribution in [0.3, 0.4) is 0 Å². The Bertz CT molecular complexity index is 958. The first-order valence-electron chi connectivity index (χ1n) is 9.39. The van der Waals surface area contributed by atoms with Crippen molar-refractivity contribution in [3.8, 4) is 0 Å². The van der Waals surface area contributed by atoms with Gasteiger partial charge in [-0.2, -0.15) is 5.10 Å². The number of hydrogen-bond donors (Lipinski definition) is 0. The van der Waals surface area contributed by atoms with E-state index in [0.29, 0.717) is 28.9 Å². The number of hydrogen-bond acceptors (Lipinski definition) is 3. The molecular weight excluding hydrogens is 372 g/mol. The summed E-state index contributed by atoms with van der Waals surface area (Å²) in [6.07, 6.45) is 0. The molecule has 0 fully saturated rings. The maximum Gasteiger partial charge on any atom is 0.343 e. The number of carbonyl (C=O) groups excluding carboxylic acids is 1. The third kappa shape index (κ3) is 4.63.